The maximum absolute atomic E-state index is 9.29. The number of hydrogen-bond acceptors (Lipinski definition) is 6. The molecule has 3 rings (SSSR count). The van der Waals surface area contributed by atoms with Crippen LogP contribution in [0.1, 0.15) is 30.5 Å². The molecule has 0 aliphatic carbocycles. The summed E-state index contributed by atoms with van der Waals surface area (Å²) in [6.07, 6.45) is 4.66. The Hall–Kier alpha value is -2.82. The Kier molecular flexibility index (Phi) is 7.47. The molecule has 0 saturated carbocycles. The monoisotopic (exact) mass is 383 g/mol. The van der Waals surface area contributed by atoms with Gasteiger partial charge in [-0.2, -0.15) is 10.2 Å². The number of nitrogens with zero attached hydrogens (tertiary/aromatic N) is 2. The van der Waals surface area contributed by atoms with Crippen molar-refractivity contribution in [3.8, 4) is 11.8 Å². The summed E-state index contributed by atoms with van der Waals surface area (Å²) in [4.78, 5) is 5.80. The molecule has 148 valence electrons. The lowest BCUT2D eigenvalue weighted by molar-refractivity contribution is -0.908. The van der Waals surface area contributed by atoms with Gasteiger partial charge in [0.1, 0.15) is 24.9 Å². The van der Waals surface area contributed by atoms with Crippen molar-refractivity contribution in [3.05, 3.63) is 41.4 Å². The summed E-state index contributed by atoms with van der Waals surface area (Å²) >= 11 is 0. The van der Waals surface area contributed by atoms with E-state index in [1.807, 2.05) is 37.3 Å². The Labute approximate surface area is 165 Å². The Balaban J connectivity index is 1.52. The number of hydrogen-bond donors (Lipinski definition) is 2. The summed E-state index contributed by atoms with van der Waals surface area (Å²) in [5.41, 5.74) is 1.29. The minimum Gasteiger partial charge on any atom is -0.494 e. The first-order valence-electron chi connectivity index (χ1n) is 9.75. The van der Waals surface area contributed by atoms with Crippen molar-refractivity contribution in [1.82, 2.24) is 4.98 Å². The van der Waals surface area contributed by atoms with Crippen LogP contribution in [0, 0.1) is 11.3 Å². The molecular weight excluding hydrogens is 356 g/mol. The molecule has 1 fully saturated rings. The van der Waals surface area contributed by atoms with E-state index in [2.05, 4.69) is 16.4 Å². The molecule has 1 aromatic heterocycles. The van der Waals surface area contributed by atoms with Crippen LogP contribution in [0.5, 0.6) is 5.75 Å². The molecule has 28 heavy (non-hydrogen) atoms. The summed E-state index contributed by atoms with van der Waals surface area (Å²) in [5, 5.41) is 12.5. The molecular formula is C21H27N4O3+. The molecule has 1 aliphatic heterocycles. The zero-order chi connectivity index (χ0) is 19.6. The van der Waals surface area contributed by atoms with E-state index in [1.165, 1.54) is 0 Å². The number of quaternary nitrogens is 1. The quantitative estimate of drug-likeness (QED) is 0.643. The van der Waals surface area contributed by atoms with Gasteiger partial charge in [0.2, 0.25) is 17.5 Å². The van der Waals surface area contributed by atoms with E-state index in [-0.39, 0.29) is 5.69 Å². The van der Waals surface area contributed by atoms with Crippen LogP contribution in [0.25, 0.3) is 12.2 Å². The van der Waals surface area contributed by atoms with Gasteiger partial charge in [0, 0.05) is 19.0 Å². The number of anilines is 1. The van der Waals surface area contributed by atoms with Gasteiger partial charge in [-0.1, -0.05) is 12.1 Å². The maximum atomic E-state index is 9.29. The smallest absolute Gasteiger partial charge is 0.232 e. The fourth-order valence-electron chi connectivity index (χ4n) is 3.06. The van der Waals surface area contributed by atoms with Gasteiger partial charge in [0.05, 0.1) is 26.4 Å². The molecule has 0 spiro atoms. The third-order valence-corrected chi connectivity index (χ3v) is 4.55. The number of morpholine rings is 1. The van der Waals surface area contributed by atoms with Gasteiger partial charge >= 0.3 is 0 Å². The van der Waals surface area contributed by atoms with E-state index in [0.29, 0.717) is 18.4 Å². The minimum atomic E-state index is 0.282. The van der Waals surface area contributed by atoms with Crippen molar-refractivity contribution in [2.24, 2.45) is 0 Å². The second-order valence-electron chi connectivity index (χ2n) is 6.57. The molecule has 0 unspecified atom stereocenters. The number of aromatic nitrogens is 1. The van der Waals surface area contributed by atoms with Crippen molar-refractivity contribution in [1.29, 1.82) is 5.26 Å². The predicted octanol–water partition coefficient (Wildman–Crippen LogP) is 1.83. The average molecular weight is 383 g/mol. The number of nitrogens with one attached hydrogen (secondary N) is 2. The largest absolute Gasteiger partial charge is 0.494 e. The highest BCUT2D eigenvalue weighted by atomic mass is 16.5. The summed E-state index contributed by atoms with van der Waals surface area (Å²) in [6, 6.07) is 9.85. The van der Waals surface area contributed by atoms with Crippen LogP contribution in [0.15, 0.2) is 28.7 Å². The normalized spacial score (nSPS) is 14.9. The minimum absolute atomic E-state index is 0.282. The second kappa shape index (κ2) is 10.5. The third-order valence-electron chi connectivity index (χ3n) is 4.55. The van der Waals surface area contributed by atoms with Gasteiger partial charge in [0.25, 0.3) is 0 Å². The lowest BCUT2D eigenvalue weighted by Crippen LogP contribution is -3.14. The van der Waals surface area contributed by atoms with E-state index < -0.39 is 0 Å². The van der Waals surface area contributed by atoms with E-state index in [1.54, 1.807) is 11.0 Å². The fraction of sp³-hybridized carbons (Fsp3) is 0.429. The lowest BCUT2D eigenvalue weighted by Gasteiger charge is -2.23. The Morgan fingerprint density at radius 2 is 2.04 bits per heavy atom. The van der Waals surface area contributed by atoms with Crippen LogP contribution in [0.3, 0.4) is 0 Å². The number of rotatable bonds is 9. The number of oxazole rings is 1. The molecule has 1 aliphatic rings. The fourth-order valence-corrected chi connectivity index (χ4v) is 3.06. The predicted molar refractivity (Wildman–Crippen MR) is 107 cm³/mol. The van der Waals surface area contributed by atoms with Crippen LogP contribution in [-0.4, -0.2) is 51.0 Å². The summed E-state index contributed by atoms with van der Waals surface area (Å²) in [7, 11) is 0. The molecule has 0 radical (unpaired) electrons. The second-order valence-corrected chi connectivity index (χ2v) is 6.57. The van der Waals surface area contributed by atoms with Gasteiger partial charge in [-0.25, -0.2) is 0 Å². The Bertz CT molecular complexity index is 802. The van der Waals surface area contributed by atoms with Crippen LogP contribution >= 0.6 is 0 Å². The van der Waals surface area contributed by atoms with Gasteiger partial charge in [0.15, 0.2) is 0 Å². The third kappa shape index (κ3) is 5.84. The highest BCUT2D eigenvalue weighted by Gasteiger charge is 2.14. The van der Waals surface area contributed by atoms with E-state index in [0.717, 1.165) is 57.1 Å². The van der Waals surface area contributed by atoms with Gasteiger partial charge in [-0.3, -0.25) is 0 Å². The first kappa shape index (κ1) is 19.9. The number of nitriles is 1. The lowest BCUT2D eigenvalue weighted by atomic mass is 10.2. The van der Waals surface area contributed by atoms with Crippen molar-refractivity contribution in [2.45, 2.75) is 13.3 Å². The molecule has 0 amide bonds. The molecule has 1 aromatic carbocycles. The Morgan fingerprint density at radius 3 is 2.75 bits per heavy atom. The van der Waals surface area contributed by atoms with Crippen molar-refractivity contribution in [2.75, 3.05) is 51.3 Å². The highest BCUT2D eigenvalue weighted by molar-refractivity contribution is 5.67. The molecule has 0 bridgehead atoms. The molecule has 1 saturated heterocycles. The van der Waals surface area contributed by atoms with Crippen LogP contribution in [0.2, 0.25) is 0 Å². The van der Waals surface area contributed by atoms with Crippen molar-refractivity contribution < 1.29 is 18.8 Å². The Morgan fingerprint density at radius 1 is 1.25 bits per heavy atom. The molecule has 2 aromatic rings. The number of benzene rings is 1. The van der Waals surface area contributed by atoms with Crippen molar-refractivity contribution in [3.63, 3.8) is 0 Å². The van der Waals surface area contributed by atoms with Crippen LogP contribution in [-0.2, 0) is 4.74 Å². The van der Waals surface area contributed by atoms with Crippen LogP contribution < -0.4 is 15.0 Å². The summed E-state index contributed by atoms with van der Waals surface area (Å²) in [5.74, 6) is 1.69. The molecule has 2 heterocycles. The zero-order valence-electron chi connectivity index (χ0n) is 16.2. The molecule has 0 atom stereocenters. The topological polar surface area (TPSA) is 84.8 Å². The van der Waals surface area contributed by atoms with E-state index in [9.17, 15) is 5.26 Å². The van der Waals surface area contributed by atoms with Gasteiger partial charge < -0.3 is 24.1 Å². The maximum Gasteiger partial charge on any atom is 0.232 e. The summed E-state index contributed by atoms with van der Waals surface area (Å²) in [6.45, 7) is 8.23. The average Bonchev–Trinajstić information content (AvgIpc) is 3.14. The van der Waals surface area contributed by atoms with Gasteiger partial charge in [-0.15, -0.1) is 0 Å². The molecule has 7 heteroatoms. The molecule has 2 N–H and O–H groups in total. The van der Waals surface area contributed by atoms with E-state index in [4.69, 9.17) is 13.9 Å². The first-order valence-corrected chi connectivity index (χ1v) is 9.75. The molecule has 7 nitrogen and oxygen atoms in total. The standard InChI is InChI=1S/C21H26N4O3/c1-2-27-18-7-4-17(5-8-18)6-9-20-24-19(16-22)21(28-20)23-10-3-11-25-12-14-26-15-13-25/h4-9,23H,2-3,10-15H2,1H3/p+1/b9-6+. The zero-order valence-corrected chi connectivity index (χ0v) is 16.2. The SMILES string of the molecule is CCOc1ccc(/C=C/c2nc(C#N)c(NCCC[NH+]3CCOCC3)o2)cc1. The number of ether oxygens (including phenoxy) is 2. The van der Waals surface area contributed by atoms with Gasteiger partial charge in [-0.05, 0) is 30.7 Å². The highest BCUT2D eigenvalue weighted by Crippen LogP contribution is 2.19. The van der Waals surface area contributed by atoms with Crippen LogP contribution in [0.4, 0.5) is 5.88 Å². The summed E-state index contributed by atoms with van der Waals surface area (Å²) < 4.78 is 16.5. The van der Waals surface area contributed by atoms with Crippen molar-refractivity contribution >= 4 is 18.0 Å². The first-order chi connectivity index (χ1) is 13.8. The van der Waals surface area contributed by atoms with E-state index >= 15 is 0 Å².